The highest BCUT2D eigenvalue weighted by Gasteiger charge is 2.25. The molecule has 6 heteroatoms. The predicted molar refractivity (Wildman–Crippen MR) is 82.4 cm³/mol. The van der Waals surface area contributed by atoms with Gasteiger partial charge in [0.15, 0.2) is 0 Å². The standard InChI is InChI=1S/C15H15ClFNO2S/c1-9-5-11(12(16)6-13(9)17)14(19)18-8-15(2,20)10-3-4-21-7-10/h3-7,20H,8H2,1-2H3,(H,18,19). The van der Waals surface area contributed by atoms with Gasteiger partial charge in [0, 0.05) is 0 Å². The Balaban J connectivity index is 2.11. The van der Waals surface area contributed by atoms with Crippen LogP contribution in [-0.4, -0.2) is 17.6 Å². The third kappa shape index (κ3) is 3.61. The molecule has 2 N–H and O–H groups in total. The van der Waals surface area contributed by atoms with Crippen molar-refractivity contribution >= 4 is 28.8 Å². The fourth-order valence-electron chi connectivity index (χ4n) is 1.85. The summed E-state index contributed by atoms with van der Waals surface area (Å²) in [5, 5.41) is 16.7. The Morgan fingerprint density at radius 1 is 1.52 bits per heavy atom. The first-order chi connectivity index (χ1) is 9.81. The van der Waals surface area contributed by atoms with Crippen molar-refractivity contribution in [3.63, 3.8) is 0 Å². The summed E-state index contributed by atoms with van der Waals surface area (Å²) >= 11 is 7.35. The summed E-state index contributed by atoms with van der Waals surface area (Å²) in [7, 11) is 0. The number of hydrogen-bond acceptors (Lipinski definition) is 3. The molecule has 1 aromatic heterocycles. The molecule has 0 aliphatic rings. The Bertz CT molecular complexity index is 656. The molecule has 0 saturated heterocycles. The van der Waals surface area contributed by atoms with Gasteiger partial charge in [-0.15, -0.1) is 0 Å². The van der Waals surface area contributed by atoms with Gasteiger partial charge in [0.1, 0.15) is 11.4 Å². The summed E-state index contributed by atoms with van der Waals surface area (Å²) in [5.41, 5.74) is 0.0945. The molecule has 0 spiro atoms. The van der Waals surface area contributed by atoms with E-state index in [1.54, 1.807) is 19.9 Å². The van der Waals surface area contributed by atoms with Crippen molar-refractivity contribution < 1.29 is 14.3 Å². The zero-order chi connectivity index (χ0) is 15.6. The van der Waals surface area contributed by atoms with Crippen molar-refractivity contribution in [1.82, 2.24) is 5.32 Å². The molecule has 1 amide bonds. The van der Waals surface area contributed by atoms with Gasteiger partial charge >= 0.3 is 0 Å². The zero-order valence-electron chi connectivity index (χ0n) is 11.6. The molecule has 21 heavy (non-hydrogen) atoms. The molecule has 112 valence electrons. The van der Waals surface area contributed by atoms with Crippen molar-refractivity contribution in [2.24, 2.45) is 0 Å². The Kier molecular flexibility index (Phi) is 4.66. The van der Waals surface area contributed by atoms with Crippen LogP contribution in [0.2, 0.25) is 5.02 Å². The van der Waals surface area contributed by atoms with E-state index in [1.807, 2.05) is 10.8 Å². The van der Waals surface area contributed by atoms with E-state index in [9.17, 15) is 14.3 Å². The Morgan fingerprint density at radius 2 is 2.24 bits per heavy atom. The second-order valence-corrected chi connectivity index (χ2v) is 6.24. The summed E-state index contributed by atoms with van der Waals surface area (Å²) in [6.45, 7) is 3.21. The smallest absolute Gasteiger partial charge is 0.252 e. The molecule has 0 bridgehead atoms. The maximum absolute atomic E-state index is 13.3. The third-order valence-electron chi connectivity index (χ3n) is 3.23. The SMILES string of the molecule is Cc1cc(C(=O)NCC(C)(O)c2ccsc2)c(Cl)cc1F. The summed E-state index contributed by atoms with van der Waals surface area (Å²) < 4.78 is 13.3. The summed E-state index contributed by atoms with van der Waals surface area (Å²) in [4.78, 5) is 12.1. The molecule has 1 unspecified atom stereocenters. The molecule has 1 aromatic carbocycles. The highest BCUT2D eigenvalue weighted by atomic mass is 35.5. The number of benzene rings is 1. The zero-order valence-corrected chi connectivity index (χ0v) is 13.2. The summed E-state index contributed by atoms with van der Waals surface area (Å²) in [6, 6.07) is 4.31. The highest BCUT2D eigenvalue weighted by molar-refractivity contribution is 7.08. The maximum atomic E-state index is 13.3. The van der Waals surface area contributed by atoms with E-state index < -0.39 is 17.3 Å². The van der Waals surface area contributed by atoms with Crippen LogP contribution in [0.25, 0.3) is 0 Å². The number of nitrogens with one attached hydrogen (secondary N) is 1. The third-order valence-corrected chi connectivity index (χ3v) is 4.23. The topological polar surface area (TPSA) is 49.3 Å². The number of carbonyl (C=O) groups excluding carboxylic acids is 1. The number of hydrogen-bond donors (Lipinski definition) is 2. The second-order valence-electron chi connectivity index (χ2n) is 5.05. The summed E-state index contributed by atoms with van der Waals surface area (Å²) in [5.74, 6) is -0.902. The molecule has 0 aliphatic carbocycles. The Morgan fingerprint density at radius 3 is 2.86 bits per heavy atom. The van der Waals surface area contributed by atoms with Crippen LogP contribution in [0.4, 0.5) is 4.39 Å². The van der Waals surface area contributed by atoms with Crippen molar-refractivity contribution in [2.75, 3.05) is 6.54 Å². The van der Waals surface area contributed by atoms with Crippen LogP contribution in [0.1, 0.15) is 28.4 Å². The van der Waals surface area contributed by atoms with E-state index in [-0.39, 0.29) is 17.1 Å². The van der Waals surface area contributed by atoms with Crippen molar-refractivity contribution in [2.45, 2.75) is 19.4 Å². The number of aliphatic hydroxyl groups is 1. The number of aryl methyl sites for hydroxylation is 1. The van der Waals surface area contributed by atoms with E-state index in [2.05, 4.69) is 5.32 Å². The minimum absolute atomic E-state index is 0.0370. The Hall–Kier alpha value is -1.43. The van der Waals surface area contributed by atoms with Crippen molar-refractivity contribution in [1.29, 1.82) is 0 Å². The molecule has 1 heterocycles. The molecule has 0 aliphatic heterocycles. The van der Waals surface area contributed by atoms with Crippen LogP contribution in [0.3, 0.4) is 0 Å². The van der Waals surface area contributed by atoms with Gasteiger partial charge < -0.3 is 10.4 Å². The van der Waals surface area contributed by atoms with E-state index in [0.717, 1.165) is 11.6 Å². The summed E-state index contributed by atoms with van der Waals surface area (Å²) in [6.07, 6.45) is 0. The van der Waals surface area contributed by atoms with Gasteiger partial charge in [-0.05, 0) is 53.9 Å². The van der Waals surface area contributed by atoms with E-state index in [0.29, 0.717) is 5.56 Å². The van der Waals surface area contributed by atoms with Gasteiger partial charge in [0.05, 0.1) is 17.1 Å². The van der Waals surface area contributed by atoms with Crippen molar-refractivity contribution in [3.05, 3.63) is 56.5 Å². The van der Waals surface area contributed by atoms with Crippen molar-refractivity contribution in [3.8, 4) is 0 Å². The molecule has 2 aromatic rings. The van der Waals surface area contributed by atoms with E-state index >= 15 is 0 Å². The number of amides is 1. The van der Waals surface area contributed by atoms with Gasteiger partial charge in [0.2, 0.25) is 0 Å². The Labute approximate surface area is 131 Å². The first-order valence-corrected chi connectivity index (χ1v) is 7.62. The predicted octanol–water partition coefficient (Wildman–Crippen LogP) is 3.49. The lowest BCUT2D eigenvalue weighted by Gasteiger charge is -2.23. The lowest BCUT2D eigenvalue weighted by Crippen LogP contribution is -2.38. The van der Waals surface area contributed by atoms with Crippen LogP contribution in [-0.2, 0) is 5.60 Å². The highest BCUT2D eigenvalue weighted by Crippen LogP contribution is 2.23. The molecular formula is C15H15ClFNO2S. The average Bonchev–Trinajstić information content (AvgIpc) is 2.95. The lowest BCUT2D eigenvalue weighted by molar-refractivity contribution is 0.0530. The normalized spacial score (nSPS) is 13.8. The van der Waals surface area contributed by atoms with Gasteiger partial charge in [-0.2, -0.15) is 11.3 Å². The van der Waals surface area contributed by atoms with E-state index in [4.69, 9.17) is 11.6 Å². The first-order valence-electron chi connectivity index (χ1n) is 6.30. The second kappa shape index (κ2) is 6.13. The van der Waals surface area contributed by atoms with Gasteiger partial charge in [0.25, 0.3) is 5.91 Å². The maximum Gasteiger partial charge on any atom is 0.252 e. The lowest BCUT2D eigenvalue weighted by atomic mass is 9.99. The average molecular weight is 328 g/mol. The monoisotopic (exact) mass is 327 g/mol. The number of rotatable bonds is 4. The fourth-order valence-corrected chi connectivity index (χ4v) is 2.87. The fraction of sp³-hybridized carbons (Fsp3) is 0.267. The van der Waals surface area contributed by atoms with Crippen LogP contribution in [0.15, 0.2) is 29.0 Å². The molecule has 1 atom stereocenters. The van der Waals surface area contributed by atoms with Crippen LogP contribution < -0.4 is 5.32 Å². The van der Waals surface area contributed by atoms with Gasteiger partial charge in [-0.25, -0.2) is 4.39 Å². The van der Waals surface area contributed by atoms with Crippen LogP contribution >= 0.6 is 22.9 Å². The van der Waals surface area contributed by atoms with Crippen LogP contribution in [0.5, 0.6) is 0 Å². The molecular weight excluding hydrogens is 313 g/mol. The number of halogens is 2. The molecule has 0 saturated carbocycles. The largest absolute Gasteiger partial charge is 0.384 e. The molecule has 2 rings (SSSR count). The molecule has 0 fully saturated rings. The number of carbonyl (C=O) groups is 1. The quantitative estimate of drug-likeness (QED) is 0.903. The number of thiophene rings is 1. The first kappa shape index (κ1) is 15.9. The molecule has 3 nitrogen and oxygen atoms in total. The minimum atomic E-state index is -1.17. The van der Waals surface area contributed by atoms with Crippen LogP contribution in [0, 0.1) is 12.7 Å². The van der Waals surface area contributed by atoms with Gasteiger partial charge in [-0.1, -0.05) is 11.6 Å². The molecule has 0 radical (unpaired) electrons. The minimum Gasteiger partial charge on any atom is -0.384 e. The van der Waals surface area contributed by atoms with Gasteiger partial charge in [-0.3, -0.25) is 4.79 Å². The van der Waals surface area contributed by atoms with E-state index in [1.165, 1.54) is 17.4 Å².